The van der Waals surface area contributed by atoms with Crippen LogP contribution in [-0.4, -0.2) is 38.3 Å². The van der Waals surface area contributed by atoms with Crippen molar-refractivity contribution in [3.8, 4) is 0 Å². The number of hydrogen-bond donors (Lipinski definition) is 2. The van der Waals surface area contributed by atoms with Crippen molar-refractivity contribution in [1.82, 2.24) is 10.6 Å². The second-order valence-electron chi connectivity index (χ2n) is 5.24. The molecular weight excluding hydrogens is 252 g/mol. The van der Waals surface area contributed by atoms with E-state index in [2.05, 4.69) is 10.6 Å². The highest BCUT2D eigenvalue weighted by molar-refractivity contribution is 5.83. The van der Waals surface area contributed by atoms with Crippen LogP contribution in [0.4, 0.5) is 0 Å². The Morgan fingerprint density at radius 1 is 1.35 bits per heavy atom. The molecule has 2 rings (SSSR count). The quantitative estimate of drug-likeness (QED) is 0.777. The summed E-state index contributed by atoms with van der Waals surface area (Å²) in [6, 6.07) is 9.84. The van der Waals surface area contributed by atoms with Crippen LogP contribution < -0.4 is 10.6 Å². The lowest BCUT2D eigenvalue weighted by Gasteiger charge is -2.23. The molecular formula is C16H24N2O2. The number of carbonyl (C=O) groups excluding carboxylic acids is 1. The topological polar surface area (TPSA) is 50.4 Å². The van der Waals surface area contributed by atoms with Gasteiger partial charge >= 0.3 is 0 Å². The minimum Gasteiger partial charge on any atom is -0.376 e. The second kappa shape index (κ2) is 8.02. The fourth-order valence-corrected chi connectivity index (χ4v) is 2.41. The highest BCUT2D eigenvalue weighted by Crippen LogP contribution is 2.14. The van der Waals surface area contributed by atoms with Crippen LogP contribution >= 0.6 is 0 Å². The Kier molecular flexibility index (Phi) is 6.02. The summed E-state index contributed by atoms with van der Waals surface area (Å²) in [5, 5.41) is 6.25. The van der Waals surface area contributed by atoms with E-state index in [4.69, 9.17) is 4.74 Å². The van der Waals surface area contributed by atoms with Crippen molar-refractivity contribution in [1.29, 1.82) is 0 Å². The van der Waals surface area contributed by atoms with E-state index in [-0.39, 0.29) is 11.8 Å². The van der Waals surface area contributed by atoms with Crippen molar-refractivity contribution in [2.75, 3.05) is 26.2 Å². The van der Waals surface area contributed by atoms with Crippen LogP contribution in [0.3, 0.4) is 0 Å². The van der Waals surface area contributed by atoms with Crippen molar-refractivity contribution >= 4 is 5.91 Å². The normalized spacial score (nSPS) is 17.6. The van der Waals surface area contributed by atoms with E-state index in [1.54, 1.807) is 0 Å². The third-order valence-electron chi connectivity index (χ3n) is 3.73. The van der Waals surface area contributed by atoms with Crippen LogP contribution in [0.1, 0.15) is 31.2 Å². The van der Waals surface area contributed by atoms with Crippen LogP contribution in [0.25, 0.3) is 0 Å². The first-order valence-electron chi connectivity index (χ1n) is 7.42. The van der Waals surface area contributed by atoms with Gasteiger partial charge in [0.2, 0.25) is 5.91 Å². The molecule has 0 spiro atoms. The molecule has 1 heterocycles. The maximum atomic E-state index is 12.0. The van der Waals surface area contributed by atoms with Crippen molar-refractivity contribution in [2.45, 2.75) is 31.8 Å². The van der Waals surface area contributed by atoms with Crippen LogP contribution in [-0.2, 0) is 9.53 Å². The van der Waals surface area contributed by atoms with E-state index in [1.165, 1.54) is 0 Å². The molecule has 4 heteroatoms. The van der Waals surface area contributed by atoms with E-state index in [9.17, 15) is 4.79 Å². The molecule has 2 N–H and O–H groups in total. The van der Waals surface area contributed by atoms with Gasteiger partial charge in [-0.2, -0.15) is 0 Å². The number of amides is 1. The summed E-state index contributed by atoms with van der Waals surface area (Å²) >= 11 is 0. The zero-order valence-corrected chi connectivity index (χ0v) is 12.1. The largest absolute Gasteiger partial charge is 0.376 e. The molecule has 1 aliphatic rings. The molecule has 20 heavy (non-hydrogen) atoms. The summed E-state index contributed by atoms with van der Waals surface area (Å²) < 4.78 is 5.76. The summed E-state index contributed by atoms with van der Waals surface area (Å²) in [4.78, 5) is 12.0. The lowest BCUT2D eigenvalue weighted by molar-refractivity contribution is -0.122. The molecule has 1 fully saturated rings. The SMILES string of the molecule is CC(C(=O)NCCOC1CCNCC1)c1ccccc1. The van der Waals surface area contributed by atoms with Crippen LogP contribution in [0.15, 0.2) is 30.3 Å². The molecule has 1 aromatic carbocycles. The average Bonchev–Trinajstić information content (AvgIpc) is 2.52. The Hall–Kier alpha value is -1.39. The van der Waals surface area contributed by atoms with Gasteiger partial charge in [0.05, 0.1) is 18.6 Å². The molecule has 110 valence electrons. The molecule has 1 aliphatic heterocycles. The van der Waals surface area contributed by atoms with Gasteiger partial charge < -0.3 is 15.4 Å². The number of nitrogens with one attached hydrogen (secondary N) is 2. The van der Waals surface area contributed by atoms with Crippen molar-refractivity contribution in [2.24, 2.45) is 0 Å². The molecule has 0 bridgehead atoms. The van der Waals surface area contributed by atoms with Crippen molar-refractivity contribution in [3.05, 3.63) is 35.9 Å². The summed E-state index contributed by atoms with van der Waals surface area (Å²) in [6.07, 6.45) is 2.47. The number of piperidine rings is 1. The van der Waals surface area contributed by atoms with Crippen LogP contribution in [0.5, 0.6) is 0 Å². The van der Waals surface area contributed by atoms with Crippen molar-refractivity contribution < 1.29 is 9.53 Å². The maximum absolute atomic E-state index is 12.0. The Morgan fingerprint density at radius 3 is 2.75 bits per heavy atom. The fourth-order valence-electron chi connectivity index (χ4n) is 2.41. The maximum Gasteiger partial charge on any atom is 0.227 e. The van der Waals surface area contributed by atoms with Gasteiger partial charge in [0.1, 0.15) is 0 Å². The molecule has 0 aliphatic carbocycles. The molecule has 1 aromatic rings. The van der Waals surface area contributed by atoms with Gasteiger partial charge in [-0.05, 0) is 38.4 Å². The Bertz CT molecular complexity index is 402. The summed E-state index contributed by atoms with van der Waals surface area (Å²) in [5.74, 6) is -0.0554. The minimum atomic E-state index is -0.116. The molecule has 0 saturated carbocycles. The van der Waals surface area contributed by atoms with E-state index in [1.807, 2.05) is 37.3 Å². The first kappa shape index (κ1) is 15.0. The number of hydrogen-bond acceptors (Lipinski definition) is 3. The van der Waals surface area contributed by atoms with Gasteiger partial charge in [-0.1, -0.05) is 30.3 Å². The summed E-state index contributed by atoms with van der Waals surface area (Å²) in [7, 11) is 0. The van der Waals surface area contributed by atoms with E-state index in [0.717, 1.165) is 31.5 Å². The van der Waals surface area contributed by atoms with Gasteiger partial charge in [0, 0.05) is 6.54 Å². The van der Waals surface area contributed by atoms with E-state index < -0.39 is 0 Å². The Morgan fingerprint density at radius 2 is 2.05 bits per heavy atom. The predicted octanol–water partition coefficient (Wildman–Crippen LogP) is 1.67. The highest BCUT2D eigenvalue weighted by Gasteiger charge is 2.15. The predicted molar refractivity (Wildman–Crippen MR) is 79.7 cm³/mol. The van der Waals surface area contributed by atoms with Gasteiger partial charge in [-0.3, -0.25) is 4.79 Å². The average molecular weight is 276 g/mol. The number of ether oxygens (including phenoxy) is 1. The highest BCUT2D eigenvalue weighted by atomic mass is 16.5. The van der Waals surface area contributed by atoms with Gasteiger partial charge in [-0.15, -0.1) is 0 Å². The lowest BCUT2D eigenvalue weighted by atomic mass is 10.0. The Labute approximate surface area is 120 Å². The molecule has 1 saturated heterocycles. The van der Waals surface area contributed by atoms with Gasteiger partial charge in [-0.25, -0.2) is 0 Å². The molecule has 0 aromatic heterocycles. The number of benzene rings is 1. The minimum absolute atomic E-state index is 0.0603. The molecule has 1 amide bonds. The van der Waals surface area contributed by atoms with Crippen LogP contribution in [0, 0.1) is 0 Å². The third kappa shape index (κ3) is 4.62. The van der Waals surface area contributed by atoms with Crippen LogP contribution in [0.2, 0.25) is 0 Å². The second-order valence-corrected chi connectivity index (χ2v) is 5.24. The first-order valence-corrected chi connectivity index (χ1v) is 7.42. The van der Waals surface area contributed by atoms with E-state index in [0.29, 0.717) is 19.3 Å². The standard InChI is InChI=1S/C16H24N2O2/c1-13(14-5-3-2-4-6-14)16(19)18-11-12-20-15-7-9-17-10-8-15/h2-6,13,15,17H,7-12H2,1H3,(H,18,19). The summed E-state index contributed by atoms with van der Waals surface area (Å²) in [5.41, 5.74) is 1.05. The van der Waals surface area contributed by atoms with E-state index >= 15 is 0 Å². The lowest BCUT2D eigenvalue weighted by Crippen LogP contribution is -2.35. The zero-order valence-electron chi connectivity index (χ0n) is 12.1. The smallest absolute Gasteiger partial charge is 0.227 e. The molecule has 1 atom stereocenters. The van der Waals surface area contributed by atoms with Gasteiger partial charge in [0.15, 0.2) is 0 Å². The zero-order chi connectivity index (χ0) is 14.2. The first-order chi connectivity index (χ1) is 9.77. The molecule has 1 unspecified atom stereocenters. The fraction of sp³-hybridized carbons (Fsp3) is 0.562. The number of rotatable bonds is 6. The molecule has 4 nitrogen and oxygen atoms in total. The molecule has 0 radical (unpaired) electrons. The monoisotopic (exact) mass is 276 g/mol. The summed E-state index contributed by atoms with van der Waals surface area (Å²) in [6.45, 7) is 5.17. The van der Waals surface area contributed by atoms with Crippen molar-refractivity contribution in [3.63, 3.8) is 0 Å². The Balaban J connectivity index is 1.64. The third-order valence-corrected chi connectivity index (χ3v) is 3.73. The van der Waals surface area contributed by atoms with Gasteiger partial charge in [0.25, 0.3) is 0 Å². The number of carbonyl (C=O) groups is 1.